The molecule has 1 aliphatic rings. The Hall–Kier alpha value is -0.570. The van der Waals surface area contributed by atoms with Crippen molar-refractivity contribution in [2.24, 2.45) is 0 Å². The summed E-state index contributed by atoms with van der Waals surface area (Å²) in [6.07, 6.45) is 3.30. The third kappa shape index (κ3) is 3.21. The second-order valence-corrected chi connectivity index (χ2v) is 4.57. The number of hydrogen-bond donors (Lipinski definition) is 0. The molecule has 2 nitrogen and oxygen atoms in total. The van der Waals surface area contributed by atoms with Gasteiger partial charge in [-0.1, -0.05) is 23.7 Å². The van der Waals surface area contributed by atoms with Gasteiger partial charge in [0, 0.05) is 11.6 Å². The molecule has 1 unspecified atom stereocenters. The Labute approximate surface area is 102 Å². The zero-order valence-corrected chi connectivity index (χ0v) is 10.2. The van der Waals surface area contributed by atoms with Crippen LogP contribution in [-0.2, 0) is 9.47 Å². The fourth-order valence-corrected chi connectivity index (χ4v) is 2.08. The van der Waals surface area contributed by atoms with Gasteiger partial charge in [0.2, 0.25) is 0 Å². The number of halogens is 1. The predicted molar refractivity (Wildman–Crippen MR) is 64.5 cm³/mol. The smallest absolute Gasteiger partial charge is 0.158 e. The maximum absolute atomic E-state index is 5.94. The first kappa shape index (κ1) is 11.9. The molecule has 16 heavy (non-hydrogen) atoms. The highest BCUT2D eigenvalue weighted by Gasteiger charge is 2.18. The monoisotopic (exact) mass is 240 g/mol. The van der Waals surface area contributed by atoms with Crippen molar-refractivity contribution >= 4 is 11.6 Å². The van der Waals surface area contributed by atoms with Crippen molar-refractivity contribution in [1.82, 2.24) is 0 Å². The van der Waals surface area contributed by atoms with Crippen LogP contribution in [0.4, 0.5) is 0 Å². The lowest BCUT2D eigenvalue weighted by Gasteiger charge is -2.26. The van der Waals surface area contributed by atoms with Crippen LogP contribution < -0.4 is 0 Å². The van der Waals surface area contributed by atoms with Crippen molar-refractivity contribution in [3.05, 3.63) is 34.9 Å². The van der Waals surface area contributed by atoms with Crippen LogP contribution in [-0.4, -0.2) is 12.9 Å². The minimum absolute atomic E-state index is 0.0294. The molecule has 0 aliphatic carbocycles. The predicted octanol–water partition coefficient (Wildman–Crippen LogP) is 3.94. The SMILES string of the molecule is C[C@H](OC1CCCCO1)c1cccc(Cl)c1. The van der Waals surface area contributed by atoms with E-state index in [4.69, 9.17) is 21.1 Å². The molecule has 1 heterocycles. The summed E-state index contributed by atoms with van der Waals surface area (Å²) in [6, 6.07) is 7.78. The Bertz CT molecular complexity index is 334. The average molecular weight is 241 g/mol. The van der Waals surface area contributed by atoms with E-state index in [9.17, 15) is 0 Å². The number of rotatable bonds is 3. The normalized spacial score (nSPS) is 23.0. The lowest BCUT2D eigenvalue weighted by atomic mass is 10.1. The summed E-state index contributed by atoms with van der Waals surface area (Å²) in [5, 5.41) is 0.748. The minimum Gasteiger partial charge on any atom is -0.353 e. The van der Waals surface area contributed by atoms with E-state index >= 15 is 0 Å². The molecule has 0 radical (unpaired) electrons. The van der Waals surface area contributed by atoms with E-state index in [2.05, 4.69) is 0 Å². The van der Waals surface area contributed by atoms with Crippen molar-refractivity contribution in [1.29, 1.82) is 0 Å². The first-order valence-corrected chi connectivity index (χ1v) is 6.16. The molecule has 1 saturated heterocycles. The van der Waals surface area contributed by atoms with Crippen LogP contribution in [0.5, 0.6) is 0 Å². The maximum atomic E-state index is 5.94. The molecule has 0 amide bonds. The zero-order chi connectivity index (χ0) is 11.4. The highest BCUT2D eigenvalue weighted by atomic mass is 35.5. The third-order valence-corrected chi connectivity index (χ3v) is 3.05. The molecule has 1 aromatic carbocycles. The Morgan fingerprint density at radius 1 is 1.44 bits per heavy atom. The Kier molecular flexibility index (Phi) is 4.22. The maximum Gasteiger partial charge on any atom is 0.158 e. The topological polar surface area (TPSA) is 18.5 Å². The van der Waals surface area contributed by atoms with Crippen LogP contribution >= 0.6 is 11.6 Å². The van der Waals surface area contributed by atoms with E-state index in [1.165, 1.54) is 6.42 Å². The van der Waals surface area contributed by atoms with Gasteiger partial charge in [-0.3, -0.25) is 0 Å². The minimum atomic E-state index is -0.0530. The number of ether oxygens (including phenoxy) is 2. The van der Waals surface area contributed by atoms with Crippen molar-refractivity contribution < 1.29 is 9.47 Å². The molecule has 2 atom stereocenters. The molecule has 0 saturated carbocycles. The van der Waals surface area contributed by atoms with E-state index < -0.39 is 0 Å². The molecule has 0 bridgehead atoms. The molecule has 1 fully saturated rings. The molecular formula is C13H17ClO2. The van der Waals surface area contributed by atoms with Crippen molar-refractivity contribution in [2.45, 2.75) is 38.6 Å². The van der Waals surface area contributed by atoms with Crippen LogP contribution in [0.25, 0.3) is 0 Å². The molecule has 0 spiro atoms. The fourth-order valence-electron chi connectivity index (χ4n) is 1.88. The van der Waals surface area contributed by atoms with Crippen molar-refractivity contribution in [3.63, 3.8) is 0 Å². The zero-order valence-electron chi connectivity index (χ0n) is 9.49. The van der Waals surface area contributed by atoms with Gasteiger partial charge in [-0.05, 0) is 43.9 Å². The first-order chi connectivity index (χ1) is 7.75. The van der Waals surface area contributed by atoms with Gasteiger partial charge >= 0.3 is 0 Å². The van der Waals surface area contributed by atoms with Crippen LogP contribution in [0.2, 0.25) is 5.02 Å². The molecular weight excluding hydrogens is 224 g/mol. The van der Waals surface area contributed by atoms with E-state index in [-0.39, 0.29) is 12.4 Å². The standard InChI is InChI=1S/C13H17ClO2/c1-10(11-5-4-6-12(14)9-11)16-13-7-2-3-8-15-13/h4-6,9-10,13H,2-3,7-8H2,1H3/t10-,13?/m0/s1. The quantitative estimate of drug-likeness (QED) is 0.797. The summed E-state index contributed by atoms with van der Waals surface area (Å²) in [4.78, 5) is 0. The van der Waals surface area contributed by atoms with Crippen molar-refractivity contribution in [3.8, 4) is 0 Å². The van der Waals surface area contributed by atoms with Crippen LogP contribution in [0.15, 0.2) is 24.3 Å². The van der Waals surface area contributed by atoms with Gasteiger partial charge < -0.3 is 9.47 Å². The highest BCUT2D eigenvalue weighted by Crippen LogP contribution is 2.25. The Balaban J connectivity index is 1.94. The van der Waals surface area contributed by atoms with Gasteiger partial charge in [0.05, 0.1) is 6.10 Å². The Morgan fingerprint density at radius 2 is 2.31 bits per heavy atom. The largest absolute Gasteiger partial charge is 0.353 e. The second-order valence-electron chi connectivity index (χ2n) is 4.13. The van der Waals surface area contributed by atoms with Gasteiger partial charge in [-0.2, -0.15) is 0 Å². The highest BCUT2D eigenvalue weighted by molar-refractivity contribution is 6.30. The summed E-state index contributed by atoms with van der Waals surface area (Å²) in [5.74, 6) is 0. The van der Waals surface area contributed by atoms with Crippen LogP contribution in [0.1, 0.15) is 37.9 Å². The molecule has 2 rings (SSSR count). The van der Waals surface area contributed by atoms with E-state index in [0.717, 1.165) is 30.0 Å². The van der Waals surface area contributed by atoms with Gasteiger partial charge in [-0.25, -0.2) is 0 Å². The number of benzene rings is 1. The molecule has 1 aliphatic heterocycles. The lowest BCUT2D eigenvalue weighted by molar-refractivity contribution is -0.186. The van der Waals surface area contributed by atoms with Gasteiger partial charge in [0.25, 0.3) is 0 Å². The van der Waals surface area contributed by atoms with Gasteiger partial charge in [-0.15, -0.1) is 0 Å². The second kappa shape index (κ2) is 5.67. The molecule has 3 heteroatoms. The molecule has 0 aromatic heterocycles. The summed E-state index contributed by atoms with van der Waals surface area (Å²) in [5.41, 5.74) is 1.10. The molecule has 0 N–H and O–H groups in total. The van der Waals surface area contributed by atoms with Gasteiger partial charge in [0.1, 0.15) is 0 Å². The van der Waals surface area contributed by atoms with E-state index in [1.54, 1.807) is 0 Å². The summed E-state index contributed by atoms with van der Waals surface area (Å²) < 4.78 is 11.4. The summed E-state index contributed by atoms with van der Waals surface area (Å²) in [6.45, 7) is 2.84. The Morgan fingerprint density at radius 3 is 3.00 bits per heavy atom. The van der Waals surface area contributed by atoms with E-state index in [0.29, 0.717) is 0 Å². The number of hydrogen-bond acceptors (Lipinski definition) is 2. The van der Waals surface area contributed by atoms with Crippen LogP contribution in [0.3, 0.4) is 0 Å². The first-order valence-electron chi connectivity index (χ1n) is 5.78. The van der Waals surface area contributed by atoms with Crippen molar-refractivity contribution in [2.75, 3.05) is 6.61 Å². The molecule has 88 valence electrons. The average Bonchev–Trinajstić information content (AvgIpc) is 2.30. The fraction of sp³-hybridized carbons (Fsp3) is 0.538. The molecule has 1 aromatic rings. The lowest BCUT2D eigenvalue weighted by Crippen LogP contribution is -2.23. The van der Waals surface area contributed by atoms with Gasteiger partial charge in [0.15, 0.2) is 6.29 Å². The van der Waals surface area contributed by atoms with E-state index in [1.807, 2.05) is 31.2 Å². The van der Waals surface area contributed by atoms with Crippen LogP contribution in [0, 0.1) is 0 Å². The third-order valence-electron chi connectivity index (χ3n) is 2.81. The summed E-state index contributed by atoms with van der Waals surface area (Å²) in [7, 11) is 0. The summed E-state index contributed by atoms with van der Waals surface area (Å²) >= 11 is 5.94.